The van der Waals surface area contributed by atoms with Crippen molar-refractivity contribution in [1.82, 2.24) is 10.2 Å². The predicted octanol–water partition coefficient (Wildman–Crippen LogP) is 3.16. The molecule has 0 bridgehead atoms. The van der Waals surface area contributed by atoms with Crippen LogP contribution in [0.2, 0.25) is 0 Å². The molecule has 1 atom stereocenters. The molecule has 1 aliphatic heterocycles. The van der Waals surface area contributed by atoms with Crippen molar-refractivity contribution in [3.8, 4) is 11.5 Å². The minimum atomic E-state index is 0.292. The van der Waals surface area contributed by atoms with Crippen LogP contribution in [0.25, 0.3) is 0 Å². The Morgan fingerprint density at radius 3 is 2.67 bits per heavy atom. The lowest BCUT2D eigenvalue weighted by atomic mass is 10.0. The summed E-state index contributed by atoms with van der Waals surface area (Å²) in [5.41, 5.74) is 3.73. The summed E-state index contributed by atoms with van der Waals surface area (Å²) < 4.78 is 11.1. The van der Waals surface area contributed by atoms with Gasteiger partial charge in [-0.1, -0.05) is 35.9 Å². The van der Waals surface area contributed by atoms with Gasteiger partial charge in [-0.2, -0.15) is 0 Å². The topological polar surface area (TPSA) is 33.7 Å². The summed E-state index contributed by atoms with van der Waals surface area (Å²) in [4.78, 5) is 2.51. The van der Waals surface area contributed by atoms with Crippen molar-refractivity contribution in [3.63, 3.8) is 0 Å². The fourth-order valence-corrected chi connectivity index (χ4v) is 3.43. The van der Waals surface area contributed by atoms with E-state index in [4.69, 9.17) is 9.47 Å². The molecule has 4 heteroatoms. The van der Waals surface area contributed by atoms with E-state index in [1.54, 1.807) is 14.2 Å². The Balaban J connectivity index is 1.89. The molecule has 1 fully saturated rings. The summed E-state index contributed by atoms with van der Waals surface area (Å²) in [7, 11) is 3.48. The molecule has 2 aromatic rings. The van der Waals surface area contributed by atoms with E-state index in [2.05, 4.69) is 47.5 Å². The van der Waals surface area contributed by atoms with E-state index in [9.17, 15) is 0 Å². The molecular formula is C20H26N2O2. The van der Waals surface area contributed by atoms with E-state index in [1.807, 2.05) is 12.1 Å². The summed E-state index contributed by atoms with van der Waals surface area (Å²) in [6.07, 6.45) is 0. The van der Waals surface area contributed by atoms with Gasteiger partial charge in [-0.05, 0) is 19.1 Å². The van der Waals surface area contributed by atoms with Crippen LogP contribution in [0, 0.1) is 6.92 Å². The maximum absolute atomic E-state index is 5.58. The van der Waals surface area contributed by atoms with Gasteiger partial charge in [0.15, 0.2) is 0 Å². The standard InChI is InChI=1S/C20H26N2O2/c1-15-8-9-19(23-2)16(12-15)14-22-11-10-21-13-18(22)17-6-4-5-7-20(17)24-3/h4-9,12,18,21H,10-11,13-14H2,1-3H3. The van der Waals surface area contributed by atoms with Crippen molar-refractivity contribution < 1.29 is 9.47 Å². The van der Waals surface area contributed by atoms with Gasteiger partial charge in [-0.25, -0.2) is 0 Å². The van der Waals surface area contributed by atoms with Gasteiger partial charge in [-0.3, -0.25) is 4.90 Å². The molecule has 0 amide bonds. The normalized spacial score (nSPS) is 18.4. The van der Waals surface area contributed by atoms with Crippen molar-refractivity contribution in [1.29, 1.82) is 0 Å². The van der Waals surface area contributed by atoms with Crippen LogP contribution in [0.1, 0.15) is 22.7 Å². The number of rotatable bonds is 5. The average Bonchev–Trinajstić information content (AvgIpc) is 2.62. The van der Waals surface area contributed by atoms with Gasteiger partial charge in [0.05, 0.1) is 20.3 Å². The summed E-state index contributed by atoms with van der Waals surface area (Å²) in [6, 6.07) is 15.0. The summed E-state index contributed by atoms with van der Waals surface area (Å²) in [5, 5.41) is 3.51. The number of methoxy groups -OCH3 is 2. The van der Waals surface area contributed by atoms with E-state index in [-0.39, 0.29) is 0 Å². The molecule has 1 saturated heterocycles. The Labute approximate surface area is 144 Å². The first-order chi connectivity index (χ1) is 11.7. The molecule has 0 radical (unpaired) electrons. The number of para-hydroxylation sites is 1. The Morgan fingerprint density at radius 1 is 1.08 bits per heavy atom. The zero-order valence-electron chi connectivity index (χ0n) is 14.7. The lowest BCUT2D eigenvalue weighted by Gasteiger charge is -2.37. The highest BCUT2D eigenvalue weighted by molar-refractivity contribution is 5.39. The number of nitrogens with one attached hydrogen (secondary N) is 1. The predicted molar refractivity (Wildman–Crippen MR) is 96.7 cm³/mol. The SMILES string of the molecule is COc1ccc(C)cc1CN1CCNCC1c1ccccc1OC. The molecule has 0 spiro atoms. The number of hydrogen-bond acceptors (Lipinski definition) is 4. The van der Waals surface area contributed by atoms with Crippen molar-refractivity contribution in [2.45, 2.75) is 19.5 Å². The highest BCUT2D eigenvalue weighted by Gasteiger charge is 2.26. The molecule has 0 aromatic heterocycles. The molecule has 0 saturated carbocycles. The van der Waals surface area contributed by atoms with E-state index in [0.29, 0.717) is 6.04 Å². The molecule has 1 heterocycles. The summed E-state index contributed by atoms with van der Waals surface area (Å²) in [6.45, 7) is 5.92. The van der Waals surface area contributed by atoms with Crippen LogP contribution < -0.4 is 14.8 Å². The first kappa shape index (κ1) is 16.8. The Morgan fingerprint density at radius 2 is 1.88 bits per heavy atom. The van der Waals surface area contributed by atoms with Crippen LogP contribution in [0.15, 0.2) is 42.5 Å². The summed E-state index contributed by atoms with van der Waals surface area (Å²) in [5.74, 6) is 1.91. The van der Waals surface area contributed by atoms with Crippen molar-refractivity contribution >= 4 is 0 Å². The highest BCUT2D eigenvalue weighted by atomic mass is 16.5. The van der Waals surface area contributed by atoms with Crippen molar-refractivity contribution in [2.24, 2.45) is 0 Å². The molecule has 4 nitrogen and oxygen atoms in total. The van der Waals surface area contributed by atoms with Crippen molar-refractivity contribution in [2.75, 3.05) is 33.9 Å². The molecular weight excluding hydrogens is 300 g/mol. The smallest absolute Gasteiger partial charge is 0.123 e. The third-order valence-corrected chi connectivity index (χ3v) is 4.66. The second-order valence-electron chi connectivity index (χ2n) is 6.25. The second kappa shape index (κ2) is 7.69. The van der Waals surface area contributed by atoms with Gasteiger partial charge >= 0.3 is 0 Å². The maximum atomic E-state index is 5.58. The average molecular weight is 326 g/mol. The van der Waals surface area contributed by atoms with Crippen LogP contribution in [0.5, 0.6) is 11.5 Å². The first-order valence-corrected chi connectivity index (χ1v) is 8.44. The zero-order chi connectivity index (χ0) is 16.9. The van der Waals surface area contributed by atoms with Crippen LogP contribution in [0.3, 0.4) is 0 Å². The summed E-state index contributed by atoms with van der Waals surface area (Å²) >= 11 is 0. The molecule has 1 aliphatic rings. The molecule has 0 aliphatic carbocycles. The zero-order valence-corrected chi connectivity index (χ0v) is 14.7. The Kier molecular flexibility index (Phi) is 5.38. The molecule has 128 valence electrons. The molecule has 2 aromatic carbocycles. The minimum Gasteiger partial charge on any atom is -0.496 e. The first-order valence-electron chi connectivity index (χ1n) is 8.44. The fourth-order valence-electron chi connectivity index (χ4n) is 3.43. The Hall–Kier alpha value is -2.04. The Bertz CT molecular complexity index is 687. The van der Waals surface area contributed by atoms with Crippen LogP contribution in [0.4, 0.5) is 0 Å². The van der Waals surface area contributed by atoms with Gasteiger partial charge in [0, 0.05) is 37.3 Å². The number of piperazine rings is 1. The van der Waals surface area contributed by atoms with Crippen LogP contribution >= 0.6 is 0 Å². The molecule has 1 N–H and O–H groups in total. The third kappa shape index (κ3) is 3.55. The van der Waals surface area contributed by atoms with Gasteiger partial charge in [0.25, 0.3) is 0 Å². The van der Waals surface area contributed by atoms with Crippen LogP contribution in [-0.4, -0.2) is 38.8 Å². The van der Waals surface area contributed by atoms with Gasteiger partial charge in [0.2, 0.25) is 0 Å². The molecule has 1 unspecified atom stereocenters. The fraction of sp³-hybridized carbons (Fsp3) is 0.400. The van der Waals surface area contributed by atoms with E-state index >= 15 is 0 Å². The number of hydrogen-bond donors (Lipinski definition) is 1. The molecule has 3 rings (SSSR count). The number of aryl methyl sites for hydroxylation is 1. The van der Waals surface area contributed by atoms with E-state index in [0.717, 1.165) is 37.7 Å². The van der Waals surface area contributed by atoms with E-state index in [1.165, 1.54) is 16.7 Å². The largest absolute Gasteiger partial charge is 0.496 e. The number of ether oxygens (including phenoxy) is 2. The molecule has 24 heavy (non-hydrogen) atoms. The lowest BCUT2D eigenvalue weighted by Crippen LogP contribution is -2.45. The highest BCUT2D eigenvalue weighted by Crippen LogP contribution is 2.32. The third-order valence-electron chi connectivity index (χ3n) is 4.66. The van der Waals surface area contributed by atoms with Gasteiger partial charge in [-0.15, -0.1) is 0 Å². The van der Waals surface area contributed by atoms with Crippen LogP contribution in [-0.2, 0) is 6.54 Å². The lowest BCUT2D eigenvalue weighted by molar-refractivity contribution is 0.149. The van der Waals surface area contributed by atoms with Gasteiger partial charge in [0.1, 0.15) is 11.5 Å². The maximum Gasteiger partial charge on any atom is 0.123 e. The monoisotopic (exact) mass is 326 g/mol. The van der Waals surface area contributed by atoms with Crippen molar-refractivity contribution in [3.05, 3.63) is 59.2 Å². The quantitative estimate of drug-likeness (QED) is 0.915. The number of nitrogens with zero attached hydrogens (tertiary/aromatic N) is 1. The second-order valence-corrected chi connectivity index (χ2v) is 6.25. The van der Waals surface area contributed by atoms with Gasteiger partial charge < -0.3 is 14.8 Å². The van der Waals surface area contributed by atoms with E-state index < -0.39 is 0 Å². The number of benzene rings is 2. The minimum absolute atomic E-state index is 0.292.